The predicted octanol–water partition coefficient (Wildman–Crippen LogP) is 5.62. The highest BCUT2D eigenvalue weighted by Gasteiger charge is 2.43. The number of amides is 2. The van der Waals surface area contributed by atoms with Gasteiger partial charge in [0.1, 0.15) is 11.4 Å². The Morgan fingerprint density at radius 2 is 0.958 bits per heavy atom. The normalized spacial score (nSPS) is 20.6. The lowest BCUT2D eigenvalue weighted by atomic mass is 10.0. The molecule has 4 N–H and O–H groups in total. The molecule has 2 aliphatic rings. The fraction of sp³-hybridized carbons (Fsp3) is 0.300. The minimum absolute atomic E-state index is 0.142. The van der Waals surface area contributed by atoms with Gasteiger partial charge in [0.25, 0.3) is 0 Å². The second-order valence-corrected chi connectivity index (χ2v) is 12.9. The first-order valence-corrected chi connectivity index (χ1v) is 16.6. The molecule has 0 aromatic heterocycles. The van der Waals surface area contributed by atoms with E-state index in [0.29, 0.717) is 37.3 Å². The van der Waals surface area contributed by atoms with E-state index in [0.717, 1.165) is 35.1 Å². The minimum atomic E-state index is -1.25. The smallest absolute Gasteiger partial charge is 0.241 e. The fourth-order valence-corrected chi connectivity index (χ4v) is 6.83. The molecular formula is C40H42N4O4. The monoisotopic (exact) mass is 642 g/mol. The van der Waals surface area contributed by atoms with E-state index in [9.17, 15) is 19.8 Å². The van der Waals surface area contributed by atoms with Gasteiger partial charge in [0.15, 0.2) is 0 Å². The van der Waals surface area contributed by atoms with Crippen molar-refractivity contribution in [1.82, 2.24) is 9.80 Å². The molecule has 4 aromatic rings. The van der Waals surface area contributed by atoms with Crippen molar-refractivity contribution < 1.29 is 19.8 Å². The van der Waals surface area contributed by atoms with Crippen molar-refractivity contribution >= 4 is 23.2 Å². The van der Waals surface area contributed by atoms with Gasteiger partial charge >= 0.3 is 0 Å². The number of rotatable bonds is 8. The Hall–Kier alpha value is -4.78. The number of likely N-dealkylation sites (tertiary alicyclic amines) is 2. The van der Waals surface area contributed by atoms with E-state index in [1.165, 1.54) is 0 Å². The number of anilines is 2. The van der Waals surface area contributed by atoms with E-state index >= 15 is 0 Å². The third-order valence-electron chi connectivity index (χ3n) is 9.53. The largest absolute Gasteiger partial charge is 0.372 e. The molecule has 4 aromatic carbocycles. The highest BCUT2D eigenvalue weighted by molar-refractivity contribution is 5.95. The molecule has 0 unspecified atom stereocenters. The van der Waals surface area contributed by atoms with E-state index in [-0.39, 0.29) is 11.8 Å². The molecule has 0 bridgehead atoms. The van der Waals surface area contributed by atoms with E-state index in [4.69, 9.17) is 0 Å². The molecule has 2 aliphatic heterocycles. The van der Waals surface area contributed by atoms with Crippen LogP contribution in [-0.2, 0) is 21.0 Å². The topological polar surface area (TPSA) is 105 Å². The molecule has 2 fully saturated rings. The Morgan fingerprint density at radius 3 is 1.31 bits per heavy atom. The number of benzene rings is 4. The number of carbonyl (C=O) groups is 2. The number of hydrogen-bond acceptors (Lipinski definition) is 6. The van der Waals surface area contributed by atoms with Crippen LogP contribution in [0.2, 0.25) is 0 Å². The van der Waals surface area contributed by atoms with Crippen molar-refractivity contribution in [3.05, 3.63) is 131 Å². The quantitative estimate of drug-likeness (QED) is 0.186. The van der Waals surface area contributed by atoms with Crippen LogP contribution in [0.5, 0.6) is 0 Å². The maximum atomic E-state index is 13.3. The van der Waals surface area contributed by atoms with Crippen molar-refractivity contribution in [3.63, 3.8) is 0 Å². The molecule has 246 valence electrons. The van der Waals surface area contributed by atoms with E-state index in [1.807, 2.05) is 119 Å². The average molecular weight is 643 g/mol. The number of nitrogens with zero attached hydrogens (tertiary/aromatic N) is 2. The second-order valence-electron chi connectivity index (χ2n) is 12.9. The molecular weight excluding hydrogens is 600 g/mol. The Balaban J connectivity index is 1.04. The first-order valence-electron chi connectivity index (χ1n) is 16.6. The Morgan fingerprint density at radius 1 is 0.604 bits per heavy atom. The molecule has 0 radical (unpaired) electrons. The summed E-state index contributed by atoms with van der Waals surface area (Å²) in [4.78, 5) is 30.2. The summed E-state index contributed by atoms with van der Waals surface area (Å²) in [5.74, 6) is 6.03. The molecule has 0 spiro atoms. The molecule has 4 atom stereocenters. The number of aliphatic hydroxyl groups is 2. The molecule has 48 heavy (non-hydrogen) atoms. The minimum Gasteiger partial charge on any atom is -0.372 e. The van der Waals surface area contributed by atoms with Crippen LogP contribution in [0.15, 0.2) is 109 Å². The maximum Gasteiger partial charge on any atom is 0.241 e. The van der Waals surface area contributed by atoms with Crippen LogP contribution in [0, 0.1) is 11.8 Å². The van der Waals surface area contributed by atoms with Gasteiger partial charge in [0.05, 0.1) is 12.1 Å². The van der Waals surface area contributed by atoms with Crippen LogP contribution >= 0.6 is 0 Å². The van der Waals surface area contributed by atoms with Crippen molar-refractivity contribution in [1.29, 1.82) is 0 Å². The number of hydrogen-bond donors (Lipinski definition) is 4. The van der Waals surface area contributed by atoms with Gasteiger partial charge in [-0.1, -0.05) is 72.5 Å². The Labute approximate surface area is 282 Å². The first kappa shape index (κ1) is 33.1. The van der Waals surface area contributed by atoms with Crippen LogP contribution in [0.4, 0.5) is 11.4 Å². The second kappa shape index (κ2) is 14.1. The van der Waals surface area contributed by atoms with Crippen LogP contribution in [0.25, 0.3) is 0 Å². The van der Waals surface area contributed by atoms with Gasteiger partial charge in [-0.25, -0.2) is 0 Å². The van der Waals surface area contributed by atoms with E-state index < -0.39 is 23.5 Å². The SMILES string of the molecule is C[C@@](O)(c1ccccc1)N1CCC[C@H]1C(=O)Nc1ccc(C#Cc2ccc(NC(=O)[C@@H]3CCCN3[C@](C)(O)c3ccccc3)cc2)cc1. The zero-order chi connectivity index (χ0) is 33.7. The highest BCUT2D eigenvalue weighted by atomic mass is 16.3. The van der Waals surface area contributed by atoms with Crippen molar-refractivity contribution in [2.45, 2.75) is 63.1 Å². The van der Waals surface area contributed by atoms with Crippen LogP contribution < -0.4 is 10.6 Å². The van der Waals surface area contributed by atoms with Crippen LogP contribution in [0.1, 0.15) is 61.8 Å². The lowest BCUT2D eigenvalue weighted by molar-refractivity contribution is -0.138. The summed E-state index contributed by atoms with van der Waals surface area (Å²) < 4.78 is 0. The molecule has 0 aliphatic carbocycles. The molecule has 6 rings (SSSR count). The summed E-state index contributed by atoms with van der Waals surface area (Å²) in [7, 11) is 0. The van der Waals surface area contributed by atoms with E-state index in [2.05, 4.69) is 22.5 Å². The molecule has 2 amide bonds. The zero-order valence-electron chi connectivity index (χ0n) is 27.4. The summed E-state index contributed by atoms with van der Waals surface area (Å²) >= 11 is 0. The molecule has 8 heteroatoms. The van der Waals surface area contributed by atoms with E-state index in [1.54, 1.807) is 13.8 Å². The first-order chi connectivity index (χ1) is 23.1. The Bertz CT molecular complexity index is 1650. The van der Waals surface area contributed by atoms with Gasteiger partial charge in [-0.3, -0.25) is 19.4 Å². The van der Waals surface area contributed by atoms with Gasteiger partial charge in [0.2, 0.25) is 11.8 Å². The highest BCUT2D eigenvalue weighted by Crippen LogP contribution is 2.34. The standard InChI is InChI=1S/C40H42N4O4/c1-39(47,31-11-5-3-6-12-31)43-27-9-15-35(43)37(45)41-33-23-19-29(20-24-33)17-18-30-21-25-34(26-22-30)42-38(46)36-16-10-28-44(36)40(2,48)32-13-7-4-8-14-32/h3-8,11-14,19-26,35-36,47-48H,9-10,15-16,27-28H2,1-2H3,(H,41,45)(H,42,46)/t35-,36-,39+,40+/m0/s1. The summed E-state index contributed by atoms with van der Waals surface area (Å²) in [6, 6.07) is 32.8. The van der Waals surface area contributed by atoms with Gasteiger partial charge in [0, 0.05) is 35.6 Å². The summed E-state index contributed by atoms with van der Waals surface area (Å²) in [5.41, 5.74) is 1.97. The van der Waals surface area contributed by atoms with Gasteiger partial charge < -0.3 is 20.8 Å². The fourth-order valence-electron chi connectivity index (χ4n) is 6.83. The summed E-state index contributed by atoms with van der Waals surface area (Å²) in [5, 5.41) is 28.7. The van der Waals surface area contributed by atoms with Crippen molar-refractivity contribution in [3.8, 4) is 11.8 Å². The number of carbonyl (C=O) groups excluding carboxylic acids is 2. The lowest BCUT2D eigenvalue weighted by Crippen LogP contribution is -2.50. The third kappa shape index (κ3) is 7.20. The third-order valence-corrected chi connectivity index (χ3v) is 9.53. The molecule has 2 heterocycles. The van der Waals surface area contributed by atoms with Gasteiger partial charge in [-0.05, 0) is 99.2 Å². The molecule has 8 nitrogen and oxygen atoms in total. The van der Waals surface area contributed by atoms with Crippen LogP contribution in [-0.4, -0.2) is 57.0 Å². The maximum absolute atomic E-state index is 13.3. The van der Waals surface area contributed by atoms with Crippen molar-refractivity contribution in [2.75, 3.05) is 23.7 Å². The van der Waals surface area contributed by atoms with Crippen molar-refractivity contribution in [2.24, 2.45) is 0 Å². The van der Waals surface area contributed by atoms with Gasteiger partial charge in [-0.2, -0.15) is 0 Å². The average Bonchev–Trinajstić information content (AvgIpc) is 3.82. The molecule has 2 saturated heterocycles. The lowest BCUT2D eigenvalue weighted by Gasteiger charge is -2.38. The zero-order valence-corrected chi connectivity index (χ0v) is 27.4. The Kier molecular flexibility index (Phi) is 9.76. The van der Waals surface area contributed by atoms with Crippen LogP contribution in [0.3, 0.4) is 0 Å². The summed E-state index contributed by atoms with van der Waals surface area (Å²) in [6.45, 7) is 4.76. The summed E-state index contributed by atoms with van der Waals surface area (Å²) in [6.07, 6.45) is 3.02. The number of nitrogens with one attached hydrogen (secondary N) is 2. The predicted molar refractivity (Wildman–Crippen MR) is 188 cm³/mol. The van der Waals surface area contributed by atoms with Gasteiger partial charge in [-0.15, -0.1) is 0 Å². The molecule has 0 saturated carbocycles.